The molecule has 6 heteroatoms. The Morgan fingerprint density at radius 3 is 2.53 bits per heavy atom. The Morgan fingerprint density at radius 2 is 1.88 bits per heavy atom. The first-order valence-electron chi connectivity index (χ1n) is 10.4. The van der Waals surface area contributed by atoms with Crippen LogP contribution in [-0.4, -0.2) is 28.4 Å². The van der Waals surface area contributed by atoms with E-state index in [1.165, 1.54) is 4.90 Å². The first kappa shape index (κ1) is 21.3. The number of hydrogen-bond donors (Lipinski definition) is 1. The number of aliphatic hydroxyl groups is 1. The summed E-state index contributed by atoms with van der Waals surface area (Å²) in [6, 6.07) is 17.0. The number of carbonyl (C=O) groups is 2. The minimum absolute atomic E-state index is 0.0127. The van der Waals surface area contributed by atoms with Crippen molar-refractivity contribution in [3.8, 4) is 5.75 Å². The molecule has 1 unspecified atom stereocenters. The Balaban J connectivity index is 1.90. The molecule has 0 aliphatic carbocycles. The number of benzene rings is 2. The molecule has 32 heavy (non-hydrogen) atoms. The number of ether oxygens (including phenoxy) is 1. The summed E-state index contributed by atoms with van der Waals surface area (Å²) in [5, 5.41) is 11.2. The van der Waals surface area contributed by atoms with E-state index in [-0.39, 0.29) is 11.3 Å². The largest absolute Gasteiger partial charge is 0.507 e. The summed E-state index contributed by atoms with van der Waals surface area (Å²) in [5.74, 6) is -0.979. The van der Waals surface area contributed by atoms with Crippen LogP contribution in [0.15, 0.2) is 72.4 Å². The maximum atomic E-state index is 13.2. The highest BCUT2D eigenvalue weighted by Crippen LogP contribution is 2.41. The third-order valence-electron chi connectivity index (χ3n) is 5.44. The molecule has 1 atom stereocenters. The van der Waals surface area contributed by atoms with Crippen molar-refractivity contribution < 1.29 is 19.4 Å². The molecular weight excluding hydrogens is 404 g/mol. The van der Waals surface area contributed by atoms with Crippen molar-refractivity contribution in [2.75, 3.05) is 11.5 Å². The monoisotopic (exact) mass is 428 g/mol. The van der Waals surface area contributed by atoms with E-state index in [1.807, 2.05) is 39.0 Å². The Morgan fingerprint density at radius 1 is 1.06 bits per heavy atom. The Labute approximate surface area is 186 Å². The SMILES string of the molecule is CCOc1ccc(/C(O)=C2/C(=O)C(=O)N(c3cccc(C)c3)C2c2ccccn2)cc1C. The average Bonchev–Trinajstić information content (AvgIpc) is 3.06. The molecule has 3 aromatic rings. The lowest BCUT2D eigenvalue weighted by molar-refractivity contribution is -0.132. The van der Waals surface area contributed by atoms with Gasteiger partial charge in [0.15, 0.2) is 0 Å². The highest BCUT2D eigenvalue weighted by atomic mass is 16.5. The maximum absolute atomic E-state index is 13.2. The number of aryl methyl sites for hydroxylation is 2. The van der Waals surface area contributed by atoms with Gasteiger partial charge in [0.25, 0.3) is 11.7 Å². The number of hydrogen-bond acceptors (Lipinski definition) is 5. The van der Waals surface area contributed by atoms with Gasteiger partial charge in [0.1, 0.15) is 17.6 Å². The number of pyridine rings is 1. The zero-order valence-corrected chi connectivity index (χ0v) is 18.2. The van der Waals surface area contributed by atoms with Gasteiger partial charge in [-0.05, 0) is 74.4 Å². The molecule has 0 radical (unpaired) electrons. The van der Waals surface area contributed by atoms with Crippen LogP contribution in [0.4, 0.5) is 5.69 Å². The zero-order chi connectivity index (χ0) is 22.8. The van der Waals surface area contributed by atoms with E-state index < -0.39 is 17.7 Å². The Kier molecular flexibility index (Phi) is 5.77. The molecule has 6 nitrogen and oxygen atoms in total. The lowest BCUT2D eigenvalue weighted by Crippen LogP contribution is -2.29. The number of aromatic nitrogens is 1. The molecule has 1 aliphatic rings. The number of Topliss-reactive ketones (excluding diaryl/α,β-unsaturated/α-hetero) is 1. The smallest absolute Gasteiger partial charge is 0.300 e. The van der Waals surface area contributed by atoms with Crippen LogP contribution in [0.2, 0.25) is 0 Å². The van der Waals surface area contributed by atoms with Crippen molar-refractivity contribution in [3.05, 3.63) is 94.8 Å². The van der Waals surface area contributed by atoms with Gasteiger partial charge in [-0.2, -0.15) is 0 Å². The number of rotatable bonds is 5. The van der Waals surface area contributed by atoms with Crippen LogP contribution in [0.5, 0.6) is 5.75 Å². The zero-order valence-electron chi connectivity index (χ0n) is 18.2. The lowest BCUT2D eigenvalue weighted by Gasteiger charge is -2.25. The van der Waals surface area contributed by atoms with Crippen molar-refractivity contribution >= 4 is 23.1 Å². The molecule has 162 valence electrons. The predicted molar refractivity (Wildman–Crippen MR) is 123 cm³/mol. The van der Waals surface area contributed by atoms with Gasteiger partial charge in [-0.15, -0.1) is 0 Å². The summed E-state index contributed by atoms with van der Waals surface area (Å²) in [5.41, 5.74) is 3.29. The first-order chi connectivity index (χ1) is 15.4. The van der Waals surface area contributed by atoms with Crippen LogP contribution in [0.1, 0.15) is 35.3 Å². The van der Waals surface area contributed by atoms with E-state index in [2.05, 4.69) is 4.98 Å². The standard InChI is InChI=1S/C26H24N2O4/c1-4-32-21-12-11-18(15-17(21)3)24(29)22-23(20-10-5-6-13-27-20)28(26(31)25(22)30)19-9-7-8-16(2)14-19/h5-15,23,29H,4H2,1-3H3/b24-22-. The first-order valence-corrected chi connectivity index (χ1v) is 10.4. The second-order valence-electron chi connectivity index (χ2n) is 7.68. The molecule has 1 fully saturated rings. The van der Waals surface area contributed by atoms with Crippen LogP contribution in [0.3, 0.4) is 0 Å². The predicted octanol–water partition coefficient (Wildman–Crippen LogP) is 4.72. The molecular formula is C26H24N2O4. The van der Waals surface area contributed by atoms with Gasteiger partial charge in [-0.3, -0.25) is 19.5 Å². The molecule has 1 amide bonds. The number of carbonyl (C=O) groups excluding carboxylic acids is 2. The number of amides is 1. The van der Waals surface area contributed by atoms with E-state index in [4.69, 9.17) is 4.74 Å². The third-order valence-corrected chi connectivity index (χ3v) is 5.44. The quantitative estimate of drug-likeness (QED) is 0.361. The summed E-state index contributed by atoms with van der Waals surface area (Å²) in [4.78, 5) is 32.1. The van der Waals surface area contributed by atoms with Crippen LogP contribution in [0.25, 0.3) is 5.76 Å². The van der Waals surface area contributed by atoms with E-state index in [0.29, 0.717) is 29.3 Å². The number of aliphatic hydroxyl groups excluding tert-OH is 1. The third kappa shape index (κ3) is 3.75. The highest BCUT2D eigenvalue weighted by molar-refractivity contribution is 6.51. The van der Waals surface area contributed by atoms with Crippen molar-refractivity contribution in [1.82, 2.24) is 4.98 Å². The van der Waals surface area contributed by atoms with Crippen molar-refractivity contribution in [2.24, 2.45) is 0 Å². The van der Waals surface area contributed by atoms with Crippen LogP contribution < -0.4 is 9.64 Å². The van der Waals surface area contributed by atoms with Crippen molar-refractivity contribution in [1.29, 1.82) is 0 Å². The Hall–Kier alpha value is -3.93. The van der Waals surface area contributed by atoms with Crippen LogP contribution in [-0.2, 0) is 9.59 Å². The fraction of sp³-hybridized carbons (Fsp3) is 0.192. The van der Waals surface area contributed by atoms with Gasteiger partial charge in [-0.25, -0.2) is 0 Å². The number of anilines is 1. The second-order valence-corrected chi connectivity index (χ2v) is 7.68. The van der Waals surface area contributed by atoms with Gasteiger partial charge >= 0.3 is 0 Å². The molecule has 1 N–H and O–H groups in total. The Bertz CT molecular complexity index is 1220. The van der Waals surface area contributed by atoms with Gasteiger partial charge in [-0.1, -0.05) is 18.2 Å². The number of nitrogens with zero attached hydrogens (tertiary/aromatic N) is 2. The van der Waals surface area contributed by atoms with E-state index in [9.17, 15) is 14.7 Å². The molecule has 2 heterocycles. The molecule has 0 bridgehead atoms. The van der Waals surface area contributed by atoms with Gasteiger partial charge < -0.3 is 9.84 Å². The van der Waals surface area contributed by atoms with Crippen LogP contribution >= 0.6 is 0 Å². The normalized spacial score (nSPS) is 17.6. The summed E-state index contributed by atoms with van der Waals surface area (Å²) in [7, 11) is 0. The van der Waals surface area contributed by atoms with Crippen molar-refractivity contribution in [2.45, 2.75) is 26.8 Å². The summed E-state index contributed by atoms with van der Waals surface area (Å²) in [6.45, 7) is 6.20. The van der Waals surface area contributed by atoms with Crippen LogP contribution in [0, 0.1) is 13.8 Å². The molecule has 0 spiro atoms. The molecule has 1 aliphatic heterocycles. The lowest BCUT2D eigenvalue weighted by atomic mass is 9.97. The summed E-state index contributed by atoms with van der Waals surface area (Å²) >= 11 is 0. The number of ketones is 1. The minimum Gasteiger partial charge on any atom is -0.507 e. The fourth-order valence-corrected chi connectivity index (χ4v) is 3.96. The summed E-state index contributed by atoms with van der Waals surface area (Å²) < 4.78 is 5.57. The topological polar surface area (TPSA) is 79.7 Å². The average molecular weight is 428 g/mol. The van der Waals surface area contributed by atoms with E-state index >= 15 is 0 Å². The molecule has 4 rings (SSSR count). The second kappa shape index (κ2) is 8.67. The van der Waals surface area contributed by atoms with Gasteiger partial charge in [0.2, 0.25) is 0 Å². The van der Waals surface area contributed by atoms with Crippen molar-refractivity contribution in [3.63, 3.8) is 0 Å². The molecule has 1 saturated heterocycles. The van der Waals surface area contributed by atoms with E-state index in [1.54, 1.807) is 48.7 Å². The summed E-state index contributed by atoms with van der Waals surface area (Å²) in [6.07, 6.45) is 1.60. The maximum Gasteiger partial charge on any atom is 0.300 e. The molecule has 1 aromatic heterocycles. The van der Waals surface area contributed by atoms with E-state index in [0.717, 1.165) is 11.1 Å². The van der Waals surface area contributed by atoms with Gasteiger partial charge in [0, 0.05) is 17.4 Å². The molecule has 0 saturated carbocycles. The fourth-order valence-electron chi connectivity index (χ4n) is 3.96. The van der Waals surface area contributed by atoms with Gasteiger partial charge in [0.05, 0.1) is 17.9 Å². The molecule has 2 aromatic carbocycles. The highest BCUT2D eigenvalue weighted by Gasteiger charge is 2.47. The minimum atomic E-state index is -0.843.